The van der Waals surface area contributed by atoms with Crippen LogP contribution in [-0.4, -0.2) is 16.1 Å². The van der Waals surface area contributed by atoms with Crippen LogP contribution in [0.3, 0.4) is 0 Å². The van der Waals surface area contributed by atoms with E-state index in [1.807, 2.05) is 37.3 Å². The normalized spacial score (nSPS) is 11.4. The smallest absolute Gasteiger partial charge is 0.335 e. The second kappa shape index (κ2) is 5.82. The molecule has 4 nitrogen and oxygen atoms in total. The summed E-state index contributed by atoms with van der Waals surface area (Å²) in [4.78, 5) is 14.2. The lowest BCUT2D eigenvalue weighted by atomic mass is 10.0. The molecule has 3 rings (SSSR count). The van der Waals surface area contributed by atoms with Gasteiger partial charge in [0, 0.05) is 22.2 Å². The van der Waals surface area contributed by atoms with Crippen LogP contribution < -0.4 is 0 Å². The number of aromatic carboxylic acids is 1. The summed E-state index contributed by atoms with van der Waals surface area (Å²) in [7, 11) is 0. The summed E-state index contributed by atoms with van der Waals surface area (Å²) in [6.45, 7) is 1.97. The van der Waals surface area contributed by atoms with Crippen LogP contribution in [0.25, 0.3) is 22.6 Å². The van der Waals surface area contributed by atoms with E-state index in [0.29, 0.717) is 11.1 Å². The maximum Gasteiger partial charge on any atom is 0.335 e. The third-order valence-corrected chi connectivity index (χ3v) is 3.80. The minimum absolute atomic E-state index is 0.203. The van der Waals surface area contributed by atoms with Crippen molar-refractivity contribution in [3.8, 4) is 6.07 Å². The van der Waals surface area contributed by atoms with Gasteiger partial charge in [-0.3, -0.25) is 0 Å². The maximum absolute atomic E-state index is 10.9. The quantitative estimate of drug-likeness (QED) is 0.710. The number of hydrogen-bond acceptors (Lipinski definition) is 2. The zero-order valence-electron chi connectivity index (χ0n) is 12.5. The lowest BCUT2D eigenvalue weighted by Gasteiger charge is -2.01. The third-order valence-electron chi connectivity index (χ3n) is 3.80. The highest BCUT2D eigenvalue weighted by atomic mass is 16.4. The predicted molar refractivity (Wildman–Crippen MR) is 89.9 cm³/mol. The number of aryl methyl sites for hydroxylation is 1. The van der Waals surface area contributed by atoms with Gasteiger partial charge in [-0.05, 0) is 36.8 Å². The molecule has 4 heteroatoms. The van der Waals surface area contributed by atoms with Crippen LogP contribution in [0.2, 0.25) is 0 Å². The van der Waals surface area contributed by atoms with E-state index in [4.69, 9.17) is 5.11 Å². The SMILES string of the molecule is Cc1[nH]c2ccccc2c1/C=C(/C#N)c1ccc(C(=O)O)cc1. The van der Waals surface area contributed by atoms with Crippen molar-refractivity contribution in [3.05, 3.63) is 70.9 Å². The monoisotopic (exact) mass is 302 g/mol. The van der Waals surface area contributed by atoms with E-state index < -0.39 is 5.97 Å². The summed E-state index contributed by atoms with van der Waals surface area (Å²) >= 11 is 0. The van der Waals surface area contributed by atoms with Crippen molar-refractivity contribution in [1.82, 2.24) is 4.98 Å². The van der Waals surface area contributed by atoms with Gasteiger partial charge in [0.1, 0.15) is 0 Å². The Balaban J connectivity index is 2.09. The number of aromatic nitrogens is 1. The van der Waals surface area contributed by atoms with Gasteiger partial charge in [-0.1, -0.05) is 30.3 Å². The maximum atomic E-state index is 10.9. The number of carboxylic acids is 1. The molecule has 0 atom stereocenters. The Hall–Kier alpha value is -3.32. The molecule has 0 saturated carbocycles. The fraction of sp³-hybridized carbons (Fsp3) is 0.0526. The highest BCUT2D eigenvalue weighted by Gasteiger charge is 2.09. The van der Waals surface area contributed by atoms with Crippen LogP contribution >= 0.6 is 0 Å². The Morgan fingerprint density at radius 1 is 1.13 bits per heavy atom. The molecule has 0 aliphatic carbocycles. The molecule has 0 amide bonds. The van der Waals surface area contributed by atoms with Gasteiger partial charge in [0.25, 0.3) is 0 Å². The molecule has 0 spiro atoms. The largest absolute Gasteiger partial charge is 0.478 e. The molecule has 2 N–H and O–H groups in total. The van der Waals surface area contributed by atoms with Crippen molar-refractivity contribution in [1.29, 1.82) is 5.26 Å². The van der Waals surface area contributed by atoms with Crippen molar-refractivity contribution >= 4 is 28.5 Å². The van der Waals surface area contributed by atoms with Gasteiger partial charge in [0.2, 0.25) is 0 Å². The van der Waals surface area contributed by atoms with Gasteiger partial charge in [-0.15, -0.1) is 0 Å². The number of hydrogen-bond donors (Lipinski definition) is 2. The van der Waals surface area contributed by atoms with Crippen molar-refractivity contribution < 1.29 is 9.90 Å². The Morgan fingerprint density at radius 2 is 1.78 bits per heavy atom. The summed E-state index contributed by atoms with van der Waals surface area (Å²) in [5.74, 6) is -0.980. The molecule has 0 fully saturated rings. The van der Waals surface area contributed by atoms with E-state index in [2.05, 4.69) is 11.1 Å². The fourth-order valence-electron chi connectivity index (χ4n) is 2.60. The van der Waals surface area contributed by atoms with E-state index in [9.17, 15) is 10.1 Å². The van der Waals surface area contributed by atoms with Crippen molar-refractivity contribution in [2.45, 2.75) is 6.92 Å². The van der Waals surface area contributed by atoms with Crippen LogP contribution in [0.15, 0.2) is 48.5 Å². The molecule has 0 aliphatic rings. The molecule has 0 aliphatic heterocycles. The number of para-hydroxylation sites is 1. The van der Waals surface area contributed by atoms with Gasteiger partial charge in [-0.2, -0.15) is 5.26 Å². The van der Waals surface area contributed by atoms with Crippen LogP contribution in [0.5, 0.6) is 0 Å². The van der Waals surface area contributed by atoms with E-state index in [0.717, 1.165) is 22.2 Å². The number of nitrogens with zero attached hydrogens (tertiary/aromatic N) is 1. The summed E-state index contributed by atoms with van der Waals surface area (Å²) in [5.41, 5.74) is 4.38. The number of H-pyrrole nitrogens is 1. The van der Waals surface area contributed by atoms with Gasteiger partial charge in [-0.25, -0.2) is 4.79 Å². The van der Waals surface area contributed by atoms with E-state index in [1.54, 1.807) is 12.1 Å². The van der Waals surface area contributed by atoms with Gasteiger partial charge >= 0.3 is 5.97 Å². The number of benzene rings is 2. The average Bonchev–Trinajstić information content (AvgIpc) is 2.88. The van der Waals surface area contributed by atoms with Crippen molar-refractivity contribution in [2.75, 3.05) is 0 Å². The van der Waals surface area contributed by atoms with Gasteiger partial charge < -0.3 is 10.1 Å². The summed E-state index contributed by atoms with van der Waals surface area (Å²) < 4.78 is 0. The highest BCUT2D eigenvalue weighted by molar-refractivity contribution is 5.99. The zero-order chi connectivity index (χ0) is 16.4. The van der Waals surface area contributed by atoms with Crippen molar-refractivity contribution in [2.24, 2.45) is 0 Å². The number of nitriles is 1. The first-order valence-electron chi connectivity index (χ1n) is 7.13. The second-order valence-electron chi connectivity index (χ2n) is 5.26. The molecule has 112 valence electrons. The van der Waals surface area contributed by atoms with E-state index in [1.165, 1.54) is 12.1 Å². The Labute approximate surface area is 133 Å². The van der Waals surface area contributed by atoms with E-state index in [-0.39, 0.29) is 5.56 Å². The number of allylic oxidation sites excluding steroid dienone is 1. The number of carboxylic acid groups (broad SMARTS) is 1. The van der Waals surface area contributed by atoms with Gasteiger partial charge in [0.15, 0.2) is 0 Å². The Morgan fingerprint density at radius 3 is 2.43 bits per heavy atom. The standard InChI is InChI=1S/C19H14N2O2/c1-12-17(16-4-2-3-5-18(16)21-12)10-15(11-20)13-6-8-14(9-7-13)19(22)23/h2-10,21H,1H3,(H,22,23)/b15-10-. The van der Waals surface area contributed by atoms with Crippen molar-refractivity contribution in [3.63, 3.8) is 0 Å². The topological polar surface area (TPSA) is 76.9 Å². The van der Waals surface area contributed by atoms with Crippen LogP contribution in [0, 0.1) is 18.3 Å². The fourth-order valence-corrected chi connectivity index (χ4v) is 2.60. The summed E-state index contributed by atoms with van der Waals surface area (Å²) in [6, 6.07) is 16.4. The lowest BCUT2D eigenvalue weighted by molar-refractivity contribution is 0.0697. The minimum Gasteiger partial charge on any atom is -0.478 e. The van der Waals surface area contributed by atoms with Crippen LogP contribution in [-0.2, 0) is 0 Å². The number of carbonyl (C=O) groups is 1. The van der Waals surface area contributed by atoms with E-state index >= 15 is 0 Å². The molecular formula is C19H14N2O2. The molecular weight excluding hydrogens is 288 g/mol. The lowest BCUT2D eigenvalue weighted by Crippen LogP contribution is -1.95. The number of fused-ring (bicyclic) bond motifs is 1. The average molecular weight is 302 g/mol. The van der Waals surface area contributed by atoms with Crippen LogP contribution in [0.4, 0.5) is 0 Å². The highest BCUT2D eigenvalue weighted by Crippen LogP contribution is 2.27. The first-order chi connectivity index (χ1) is 11.1. The van der Waals surface area contributed by atoms with Gasteiger partial charge in [0.05, 0.1) is 17.2 Å². The predicted octanol–water partition coefficient (Wildman–Crippen LogP) is 4.24. The van der Waals surface area contributed by atoms with Crippen LogP contribution in [0.1, 0.15) is 27.2 Å². The molecule has 2 aromatic carbocycles. The second-order valence-corrected chi connectivity index (χ2v) is 5.26. The minimum atomic E-state index is -0.980. The number of rotatable bonds is 3. The first kappa shape index (κ1) is 14.6. The molecule has 0 saturated heterocycles. The molecule has 3 aromatic rings. The Kier molecular flexibility index (Phi) is 3.70. The summed E-state index contributed by atoms with van der Waals surface area (Å²) in [5, 5.41) is 19.5. The third kappa shape index (κ3) is 2.72. The number of nitrogens with one attached hydrogen (secondary N) is 1. The first-order valence-corrected chi connectivity index (χ1v) is 7.13. The number of aromatic amines is 1. The molecule has 0 unspecified atom stereocenters. The zero-order valence-corrected chi connectivity index (χ0v) is 12.5. The molecule has 1 aromatic heterocycles. The Bertz CT molecular complexity index is 957. The molecule has 0 radical (unpaired) electrons. The molecule has 0 bridgehead atoms. The summed E-state index contributed by atoms with van der Waals surface area (Å²) in [6.07, 6.45) is 1.84. The molecule has 23 heavy (non-hydrogen) atoms. The molecule has 1 heterocycles.